The Labute approximate surface area is 204 Å². The second-order valence-electron chi connectivity index (χ2n) is 9.44. The zero-order valence-corrected chi connectivity index (χ0v) is 21.7. The summed E-state index contributed by atoms with van der Waals surface area (Å²) in [5.41, 5.74) is 1.65. The molecule has 0 saturated carbocycles. The van der Waals surface area contributed by atoms with Gasteiger partial charge in [0.05, 0.1) is 11.8 Å². The van der Waals surface area contributed by atoms with Gasteiger partial charge >= 0.3 is 10.1 Å². The van der Waals surface area contributed by atoms with Gasteiger partial charge in [0.25, 0.3) is 5.56 Å². The van der Waals surface area contributed by atoms with Gasteiger partial charge in [-0.1, -0.05) is 53.7 Å². The van der Waals surface area contributed by atoms with Crippen molar-refractivity contribution in [1.82, 2.24) is 9.55 Å². The van der Waals surface area contributed by atoms with E-state index in [4.69, 9.17) is 4.18 Å². The molecular weight excluding hydrogens is 474 g/mol. The number of benzene rings is 2. The fourth-order valence-corrected chi connectivity index (χ4v) is 5.44. The van der Waals surface area contributed by atoms with E-state index >= 15 is 0 Å². The maximum atomic E-state index is 13.7. The molecule has 0 amide bonds. The van der Waals surface area contributed by atoms with Crippen LogP contribution in [0.1, 0.15) is 81.8 Å². The Kier molecular flexibility index (Phi) is 7.50. The molecule has 0 fully saturated rings. The molecule has 0 atom stereocenters. The minimum atomic E-state index is -4.35. The van der Waals surface area contributed by atoms with Crippen LogP contribution >= 0.6 is 0 Å². The highest BCUT2D eigenvalue weighted by Gasteiger charge is 2.29. The van der Waals surface area contributed by atoms with Crippen LogP contribution in [0.5, 0.6) is 5.88 Å². The predicted molar refractivity (Wildman–Crippen MR) is 131 cm³/mol. The Hall–Kier alpha value is -3.07. The smallest absolute Gasteiger partial charge is 0.341 e. The quantitative estimate of drug-likeness (QED) is 0.371. The van der Waals surface area contributed by atoms with Crippen LogP contribution in [0.2, 0.25) is 0 Å². The van der Waals surface area contributed by atoms with E-state index in [-0.39, 0.29) is 34.2 Å². The molecule has 0 saturated heterocycles. The molecular formula is C26H30F2N2O4S. The summed E-state index contributed by atoms with van der Waals surface area (Å²) in [7, 11) is -4.35. The molecule has 2 aromatic carbocycles. The van der Waals surface area contributed by atoms with Crippen LogP contribution in [0.3, 0.4) is 0 Å². The van der Waals surface area contributed by atoms with E-state index in [1.54, 1.807) is 0 Å². The van der Waals surface area contributed by atoms with Crippen molar-refractivity contribution < 1.29 is 21.4 Å². The largest absolute Gasteiger partial charge is 0.358 e. The van der Waals surface area contributed by atoms with Gasteiger partial charge < -0.3 is 4.18 Å². The van der Waals surface area contributed by atoms with Crippen LogP contribution in [0.15, 0.2) is 46.1 Å². The third-order valence-electron chi connectivity index (χ3n) is 5.75. The van der Waals surface area contributed by atoms with Crippen LogP contribution in [0, 0.1) is 18.6 Å². The molecule has 0 radical (unpaired) electrons. The second kappa shape index (κ2) is 9.89. The maximum absolute atomic E-state index is 13.7. The first-order valence-electron chi connectivity index (χ1n) is 11.4. The summed E-state index contributed by atoms with van der Waals surface area (Å²) in [4.78, 5) is 17.0. The molecule has 9 heteroatoms. The first-order valence-corrected chi connectivity index (χ1v) is 12.8. The summed E-state index contributed by atoms with van der Waals surface area (Å²) in [5.74, 6) is -2.52. The van der Waals surface area contributed by atoms with E-state index in [1.165, 1.54) is 13.0 Å². The normalized spacial score (nSPS) is 12.1. The maximum Gasteiger partial charge on any atom is 0.341 e. The first kappa shape index (κ1) is 26.5. The molecule has 0 aliphatic carbocycles. The highest BCUT2D eigenvalue weighted by molar-refractivity contribution is 7.87. The third kappa shape index (κ3) is 5.45. The van der Waals surface area contributed by atoms with E-state index in [2.05, 4.69) is 4.98 Å². The van der Waals surface area contributed by atoms with Gasteiger partial charge in [0.15, 0.2) is 11.6 Å². The van der Waals surface area contributed by atoms with Gasteiger partial charge in [-0.15, -0.1) is 0 Å². The minimum Gasteiger partial charge on any atom is -0.358 e. The Morgan fingerprint density at radius 2 is 1.43 bits per heavy atom. The molecule has 0 unspecified atom stereocenters. The fourth-order valence-electron chi connectivity index (χ4n) is 3.88. The predicted octanol–water partition coefficient (Wildman–Crippen LogP) is 5.96. The molecule has 1 heterocycles. The molecule has 0 bridgehead atoms. The summed E-state index contributed by atoms with van der Waals surface area (Å²) in [5, 5.41) is 0. The van der Waals surface area contributed by atoms with Crippen LogP contribution in [0.25, 0.3) is 5.69 Å². The lowest BCUT2D eigenvalue weighted by Crippen LogP contribution is -2.24. The number of rotatable bonds is 7. The van der Waals surface area contributed by atoms with Crippen LogP contribution in [-0.2, 0) is 10.1 Å². The van der Waals surface area contributed by atoms with E-state index < -0.39 is 33.2 Å². The van der Waals surface area contributed by atoms with Crippen LogP contribution < -0.4 is 9.74 Å². The van der Waals surface area contributed by atoms with Crippen molar-refractivity contribution in [3.8, 4) is 11.6 Å². The molecule has 188 valence electrons. The van der Waals surface area contributed by atoms with Crippen molar-refractivity contribution >= 4 is 10.1 Å². The van der Waals surface area contributed by atoms with E-state index in [0.717, 1.165) is 28.3 Å². The lowest BCUT2D eigenvalue weighted by Gasteiger charge is -2.22. The summed E-state index contributed by atoms with van der Waals surface area (Å²) < 4.78 is 60.5. The highest BCUT2D eigenvalue weighted by atomic mass is 32.2. The number of aryl methyl sites for hydroxylation is 1. The molecule has 0 aliphatic heterocycles. The lowest BCUT2D eigenvalue weighted by atomic mass is 9.89. The standard InChI is InChI=1S/C26H30F2N2O4S/c1-14(2)18-10-20(15(3)4)26(21(11-18)16(5)6)35(32,33)34-24-13-25(31)30(17(7)29-24)19-8-9-22(27)23(28)12-19/h8-16H,1-7H3. The number of halogens is 2. The van der Waals surface area contributed by atoms with Crippen LogP contribution in [0.4, 0.5) is 8.78 Å². The molecule has 3 rings (SSSR count). The zero-order chi connectivity index (χ0) is 26.2. The first-order chi connectivity index (χ1) is 16.2. The van der Waals surface area contributed by atoms with Crippen molar-refractivity contribution in [3.05, 3.63) is 80.9 Å². The summed E-state index contributed by atoms with van der Waals surface area (Å²) >= 11 is 0. The van der Waals surface area contributed by atoms with Gasteiger partial charge in [-0.2, -0.15) is 13.4 Å². The third-order valence-corrected chi connectivity index (χ3v) is 7.11. The summed E-state index contributed by atoms with van der Waals surface area (Å²) in [6, 6.07) is 7.68. The van der Waals surface area contributed by atoms with Crippen molar-refractivity contribution in [2.24, 2.45) is 0 Å². The average Bonchev–Trinajstić information content (AvgIpc) is 2.74. The van der Waals surface area contributed by atoms with E-state index in [9.17, 15) is 22.0 Å². The minimum absolute atomic E-state index is 0.0528. The van der Waals surface area contributed by atoms with E-state index in [0.29, 0.717) is 11.1 Å². The van der Waals surface area contributed by atoms with Gasteiger partial charge in [-0.3, -0.25) is 9.36 Å². The highest BCUT2D eigenvalue weighted by Crippen LogP contribution is 2.36. The number of hydrogen-bond donors (Lipinski definition) is 0. The van der Waals surface area contributed by atoms with Gasteiger partial charge in [-0.05, 0) is 53.5 Å². The van der Waals surface area contributed by atoms with Gasteiger partial charge in [0.1, 0.15) is 10.7 Å². The zero-order valence-electron chi connectivity index (χ0n) is 20.9. The topological polar surface area (TPSA) is 78.3 Å². The Bertz CT molecular complexity index is 1400. The Morgan fingerprint density at radius 1 is 0.857 bits per heavy atom. The number of nitrogens with zero attached hydrogens (tertiary/aromatic N) is 2. The molecule has 1 aromatic heterocycles. The molecule has 3 aromatic rings. The molecule has 0 spiro atoms. The molecule has 0 N–H and O–H groups in total. The molecule has 6 nitrogen and oxygen atoms in total. The SMILES string of the molecule is Cc1nc(OS(=O)(=O)c2c(C(C)C)cc(C(C)C)cc2C(C)C)cc(=O)n1-c1ccc(F)c(F)c1. The van der Waals surface area contributed by atoms with Crippen molar-refractivity contribution in [2.45, 2.75) is 71.1 Å². The Morgan fingerprint density at radius 3 is 1.89 bits per heavy atom. The summed E-state index contributed by atoms with van der Waals surface area (Å²) in [6.07, 6.45) is 0. The average molecular weight is 505 g/mol. The number of aromatic nitrogens is 2. The van der Waals surface area contributed by atoms with Crippen molar-refractivity contribution in [1.29, 1.82) is 0 Å². The monoisotopic (exact) mass is 504 g/mol. The second-order valence-corrected chi connectivity index (χ2v) is 10.9. The van der Waals surface area contributed by atoms with Gasteiger partial charge in [-0.25, -0.2) is 8.78 Å². The summed E-state index contributed by atoms with van der Waals surface area (Å²) in [6.45, 7) is 13.2. The molecule has 35 heavy (non-hydrogen) atoms. The fraction of sp³-hybridized carbons (Fsp3) is 0.385. The van der Waals surface area contributed by atoms with Crippen LogP contribution in [-0.4, -0.2) is 18.0 Å². The van der Waals surface area contributed by atoms with Gasteiger partial charge in [0, 0.05) is 6.07 Å². The Balaban J connectivity index is 2.13. The number of hydrogen-bond acceptors (Lipinski definition) is 5. The van der Waals surface area contributed by atoms with Crippen molar-refractivity contribution in [2.75, 3.05) is 0 Å². The van der Waals surface area contributed by atoms with Crippen molar-refractivity contribution in [3.63, 3.8) is 0 Å². The van der Waals surface area contributed by atoms with Gasteiger partial charge in [0.2, 0.25) is 5.88 Å². The lowest BCUT2D eigenvalue weighted by molar-refractivity contribution is 0.469. The molecule has 0 aliphatic rings. The van der Waals surface area contributed by atoms with E-state index in [1.807, 2.05) is 53.7 Å².